The van der Waals surface area contributed by atoms with E-state index in [1.165, 1.54) is 49.0 Å². The van der Waals surface area contributed by atoms with Gasteiger partial charge in [0.05, 0.1) is 22.4 Å². The fourth-order valence-electron chi connectivity index (χ4n) is 8.55. The van der Waals surface area contributed by atoms with Crippen molar-refractivity contribution in [3.63, 3.8) is 0 Å². The third-order valence-corrected chi connectivity index (χ3v) is 11.2. The lowest BCUT2D eigenvalue weighted by Crippen LogP contribution is -2.12. The minimum atomic E-state index is 0.863. The van der Waals surface area contributed by atoms with E-state index >= 15 is 0 Å². The molecule has 0 spiro atoms. The van der Waals surface area contributed by atoms with Gasteiger partial charge in [-0.15, -0.1) is 0 Å². The summed E-state index contributed by atoms with van der Waals surface area (Å²) in [7, 11) is 0. The molecule has 0 aliphatic heterocycles. The number of para-hydroxylation sites is 3. The fraction of sp³-hybridized carbons (Fsp3) is 0. The van der Waals surface area contributed by atoms with E-state index in [9.17, 15) is 0 Å². The largest absolute Gasteiger partial charge is 0.456 e. The molecule has 10 aromatic carbocycles. The van der Waals surface area contributed by atoms with E-state index in [1.807, 2.05) is 6.07 Å². The monoisotopic (exact) mass is 713 g/mol. The van der Waals surface area contributed by atoms with Gasteiger partial charge in [0, 0.05) is 16.5 Å². The van der Waals surface area contributed by atoms with Gasteiger partial charge in [0.25, 0.3) is 0 Å². The standard InChI is InChI=1S/C54H35NO/c1-2-14-40-34-43(30-26-36(40)12-1)47-17-6-9-20-50(47)55(51-21-11-23-53-54(51)48-18-7-10-22-52(48)56-53)49-19-8-5-16-46(49)39-27-24-37(25-28-39)41-32-33-45-42(35-41)31-29-38-13-3-4-15-44(38)45/h1-35H. The first-order chi connectivity index (χ1) is 27.8. The number of fused-ring (bicyclic) bond motifs is 7. The summed E-state index contributed by atoms with van der Waals surface area (Å²) in [5, 5.41) is 9.71. The minimum absolute atomic E-state index is 0.863. The third-order valence-electron chi connectivity index (χ3n) is 11.2. The van der Waals surface area contributed by atoms with E-state index in [4.69, 9.17) is 4.42 Å². The number of benzene rings is 10. The molecule has 11 aromatic rings. The summed E-state index contributed by atoms with van der Waals surface area (Å²) in [6, 6.07) is 76.6. The summed E-state index contributed by atoms with van der Waals surface area (Å²) in [6.07, 6.45) is 0. The maximum Gasteiger partial charge on any atom is 0.137 e. The Bertz CT molecular complexity index is 3260. The van der Waals surface area contributed by atoms with Gasteiger partial charge in [0.15, 0.2) is 0 Å². The Labute approximate surface area is 325 Å². The average Bonchev–Trinajstić information content (AvgIpc) is 3.66. The van der Waals surface area contributed by atoms with Crippen molar-refractivity contribution in [1.29, 1.82) is 0 Å². The lowest BCUT2D eigenvalue weighted by molar-refractivity contribution is 0.669. The Morgan fingerprint density at radius 1 is 0.286 bits per heavy atom. The molecule has 0 unspecified atom stereocenters. The highest BCUT2D eigenvalue weighted by molar-refractivity contribution is 6.14. The molecule has 0 N–H and O–H groups in total. The second-order valence-electron chi connectivity index (χ2n) is 14.5. The molecule has 1 aromatic heterocycles. The van der Waals surface area contributed by atoms with Crippen LogP contribution in [0.2, 0.25) is 0 Å². The molecule has 0 aliphatic carbocycles. The summed E-state index contributed by atoms with van der Waals surface area (Å²) in [6.45, 7) is 0. The Balaban J connectivity index is 1.08. The molecule has 11 rings (SSSR count). The SMILES string of the molecule is c1ccc(N(c2ccccc2-c2ccc3ccccc3c2)c2cccc3oc4ccccc4c23)c(-c2ccc(-c3ccc4c(ccc5ccccc54)c3)cc2)c1. The van der Waals surface area contributed by atoms with Crippen LogP contribution in [0.4, 0.5) is 17.1 Å². The molecular formula is C54H35NO. The van der Waals surface area contributed by atoms with Crippen LogP contribution in [0.3, 0.4) is 0 Å². The summed E-state index contributed by atoms with van der Waals surface area (Å²) < 4.78 is 6.47. The molecule has 0 bridgehead atoms. The molecule has 56 heavy (non-hydrogen) atoms. The van der Waals surface area contributed by atoms with Gasteiger partial charge in [-0.1, -0.05) is 170 Å². The maximum absolute atomic E-state index is 6.47. The van der Waals surface area contributed by atoms with Gasteiger partial charge in [-0.2, -0.15) is 0 Å². The predicted molar refractivity (Wildman–Crippen MR) is 237 cm³/mol. The van der Waals surface area contributed by atoms with Crippen molar-refractivity contribution < 1.29 is 4.42 Å². The molecule has 2 heteroatoms. The molecule has 1 heterocycles. The zero-order valence-corrected chi connectivity index (χ0v) is 30.6. The first-order valence-corrected chi connectivity index (χ1v) is 19.2. The van der Waals surface area contributed by atoms with Crippen LogP contribution in [0.25, 0.3) is 87.6 Å². The van der Waals surface area contributed by atoms with Crippen molar-refractivity contribution in [3.05, 3.63) is 212 Å². The van der Waals surface area contributed by atoms with Gasteiger partial charge < -0.3 is 9.32 Å². The molecule has 0 radical (unpaired) electrons. The van der Waals surface area contributed by atoms with Crippen molar-refractivity contribution in [2.45, 2.75) is 0 Å². The topological polar surface area (TPSA) is 16.4 Å². The van der Waals surface area contributed by atoms with Crippen LogP contribution in [0.1, 0.15) is 0 Å². The van der Waals surface area contributed by atoms with Crippen LogP contribution in [-0.4, -0.2) is 0 Å². The van der Waals surface area contributed by atoms with E-state index in [2.05, 4.69) is 211 Å². The highest BCUT2D eigenvalue weighted by atomic mass is 16.3. The quantitative estimate of drug-likeness (QED) is 0.160. The lowest BCUT2D eigenvalue weighted by Gasteiger charge is -2.30. The number of hydrogen-bond acceptors (Lipinski definition) is 2. The number of anilines is 3. The van der Waals surface area contributed by atoms with E-state index in [0.29, 0.717) is 0 Å². The van der Waals surface area contributed by atoms with Crippen molar-refractivity contribution in [1.82, 2.24) is 0 Å². The molecule has 0 fully saturated rings. The Morgan fingerprint density at radius 2 is 0.804 bits per heavy atom. The molecular weight excluding hydrogens is 679 g/mol. The van der Waals surface area contributed by atoms with Crippen LogP contribution in [0.5, 0.6) is 0 Å². The Kier molecular flexibility index (Phi) is 7.53. The van der Waals surface area contributed by atoms with Gasteiger partial charge in [0.1, 0.15) is 11.2 Å². The van der Waals surface area contributed by atoms with Gasteiger partial charge in [0.2, 0.25) is 0 Å². The maximum atomic E-state index is 6.47. The molecule has 2 nitrogen and oxygen atoms in total. The highest BCUT2D eigenvalue weighted by Crippen LogP contribution is 2.48. The third kappa shape index (κ3) is 5.34. The Morgan fingerprint density at radius 3 is 1.62 bits per heavy atom. The highest BCUT2D eigenvalue weighted by Gasteiger charge is 2.24. The first-order valence-electron chi connectivity index (χ1n) is 19.2. The summed E-state index contributed by atoms with van der Waals surface area (Å²) >= 11 is 0. The fourth-order valence-corrected chi connectivity index (χ4v) is 8.55. The van der Waals surface area contributed by atoms with Crippen LogP contribution >= 0.6 is 0 Å². The second kappa shape index (κ2) is 13.2. The molecule has 0 aliphatic rings. The number of nitrogens with zero attached hydrogens (tertiary/aromatic N) is 1. The van der Waals surface area contributed by atoms with Crippen molar-refractivity contribution in [2.75, 3.05) is 4.90 Å². The van der Waals surface area contributed by atoms with Gasteiger partial charge >= 0.3 is 0 Å². The van der Waals surface area contributed by atoms with Crippen LogP contribution < -0.4 is 4.90 Å². The van der Waals surface area contributed by atoms with E-state index in [1.54, 1.807) is 0 Å². The average molecular weight is 714 g/mol. The minimum Gasteiger partial charge on any atom is -0.456 e. The summed E-state index contributed by atoms with van der Waals surface area (Å²) in [5.74, 6) is 0. The second-order valence-corrected chi connectivity index (χ2v) is 14.5. The van der Waals surface area contributed by atoms with Crippen LogP contribution in [-0.2, 0) is 0 Å². The van der Waals surface area contributed by atoms with Crippen LogP contribution in [0.15, 0.2) is 217 Å². The van der Waals surface area contributed by atoms with Crippen molar-refractivity contribution in [3.8, 4) is 33.4 Å². The summed E-state index contributed by atoms with van der Waals surface area (Å²) in [5.41, 5.74) is 12.0. The van der Waals surface area contributed by atoms with E-state index in [0.717, 1.165) is 55.7 Å². The molecule has 0 saturated carbocycles. The Hall–Kier alpha value is -7.42. The lowest BCUT2D eigenvalue weighted by atomic mass is 9.95. The molecule has 0 atom stereocenters. The molecule has 262 valence electrons. The first kappa shape index (κ1) is 32.0. The normalized spacial score (nSPS) is 11.6. The zero-order valence-electron chi connectivity index (χ0n) is 30.6. The van der Waals surface area contributed by atoms with E-state index < -0.39 is 0 Å². The number of furan rings is 1. The molecule has 0 saturated heterocycles. The van der Waals surface area contributed by atoms with Crippen molar-refractivity contribution >= 4 is 71.3 Å². The van der Waals surface area contributed by atoms with Gasteiger partial charge in [-0.25, -0.2) is 0 Å². The van der Waals surface area contributed by atoms with E-state index in [-0.39, 0.29) is 0 Å². The van der Waals surface area contributed by atoms with Crippen LogP contribution in [0, 0.1) is 0 Å². The van der Waals surface area contributed by atoms with Gasteiger partial charge in [-0.3, -0.25) is 0 Å². The smallest absolute Gasteiger partial charge is 0.137 e. The molecule has 0 amide bonds. The number of hydrogen-bond donors (Lipinski definition) is 0. The predicted octanol–water partition coefficient (Wildman–Crippen LogP) is 15.5. The van der Waals surface area contributed by atoms with Gasteiger partial charge in [-0.05, 0) is 97.0 Å². The summed E-state index contributed by atoms with van der Waals surface area (Å²) in [4.78, 5) is 2.44. The van der Waals surface area contributed by atoms with Crippen molar-refractivity contribution in [2.24, 2.45) is 0 Å². The zero-order chi connectivity index (χ0) is 37.0. The number of rotatable bonds is 6.